The molecule has 0 bridgehead atoms. The molecular formula is C21H38N2O2Si. The lowest BCUT2D eigenvalue weighted by molar-refractivity contribution is -0.131. The van der Waals surface area contributed by atoms with Gasteiger partial charge in [0.2, 0.25) is 0 Å². The lowest BCUT2D eigenvalue weighted by atomic mass is 9.83. The predicted molar refractivity (Wildman–Crippen MR) is 109 cm³/mol. The molecule has 1 atom stereocenters. The number of rotatable bonds is 6. The molecule has 1 saturated heterocycles. The highest BCUT2D eigenvalue weighted by Gasteiger charge is 2.56. The van der Waals surface area contributed by atoms with Crippen LogP contribution in [0.1, 0.15) is 85.0 Å². The van der Waals surface area contributed by atoms with Crippen molar-refractivity contribution in [1.82, 2.24) is 9.47 Å². The van der Waals surface area contributed by atoms with E-state index in [0.29, 0.717) is 5.92 Å². The Morgan fingerprint density at radius 1 is 0.808 bits per heavy atom. The Balaban J connectivity index is 1.96. The number of amides is 3. The molecular weight excluding hydrogens is 340 g/mol. The Morgan fingerprint density at radius 3 is 1.81 bits per heavy atom. The van der Waals surface area contributed by atoms with Crippen LogP contribution < -0.4 is 0 Å². The molecule has 1 aliphatic heterocycles. The highest BCUT2D eigenvalue weighted by Crippen LogP contribution is 2.41. The molecule has 0 radical (unpaired) electrons. The van der Waals surface area contributed by atoms with Crippen molar-refractivity contribution in [1.29, 1.82) is 0 Å². The van der Waals surface area contributed by atoms with Crippen molar-refractivity contribution >= 4 is 20.2 Å². The Bertz CT molecular complexity index is 500. The van der Waals surface area contributed by atoms with Crippen LogP contribution in [0.25, 0.3) is 0 Å². The zero-order valence-corrected chi connectivity index (χ0v) is 18.1. The van der Waals surface area contributed by atoms with Gasteiger partial charge in [-0.2, -0.15) is 0 Å². The Labute approximate surface area is 160 Å². The molecule has 3 fully saturated rings. The molecule has 5 heteroatoms. The van der Waals surface area contributed by atoms with E-state index in [0.717, 1.165) is 56.7 Å². The fourth-order valence-corrected chi connectivity index (χ4v) is 9.83. The van der Waals surface area contributed by atoms with E-state index in [1.165, 1.54) is 25.7 Å². The van der Waals surface area contributed by atoms with Gasteiger partial charge in [-0.25, -0.2) is 4.79 Å². The van der Waals surface area contributed by atoms with Crippen LogP contribution in [0, 0.1) is 5.92 Å². The van der Waals surface area contributed by atoms with Gasteiger partial charge in [-0.15, -0.1) is 0 Å². The van der Waals surface area contributed by atoms with Gasteiger partial charge in [0.05, 0.1) is 0 Å². The van der Waals surface area contributed by atoms with Gasteiger partial charge < -0.3 is 4.57 Å². The highest BCUT2D eigenvalue weighted by atomic mass is 28.3. The van der Waals surface area contributed by atoms with Crippen molar-refractivity contribution in [2.45, 2.75) is 115 Å². The molecule has 0 spiro atoms. The fourth-order valence-electron chi connectivity index (χ4n) is 5.88. The summed E-state index contributed by atoms with van der Waals surface area (Å²) in [7, 11) is -1.92. The molecule has 0 aromatic rings. The van der Waals surface area contributed by atoms with Crippen molar-refractivity contribution in [2.75, 3.05) is 0 Å². The SMILES string of the molecule is CC[Si](CC)(CC)N1C(=O)N(C2CCCCC2)C(=O)C1C1CCCCC1. The molecule has 3 aliphatic rings. The molecule has 2 saturated carbocycles. The first-order valence-corrected chi connectivity index (χ1v) is 13.8. The number of hydrogen-bond acceptors (Lipinski definition) is 2. The minimum atomic E-state index is -1.92. The van der Waals surface area contributed by atoms with Crippen LogP contribution in [0.15, 0.2) is 0 Å². The van der Waals surface area contributed by atoms with Crippen molar-refractivity contribution in [3.63, 3.8) is 0 Å². The predicted octanol–water partition coefficient (Wildman–Crippen LogP) is 5.54. The molecule has 1 unspecified atom stereocenters. The number of hydrogen-bond donors (Lipinski definition) is 0. The zero-order valence-electron chi connectivity index (χ0n) is 17.1. The van der Waals surface area contributed by atoms with Crippen LogP contribution in [0.5, 0.6) is 0 Å². The quantitative estimate of drug-likeness (QED) is 0.450. The monoisotopic (exact) mass is 378 g/mol. The summed E-state index contributed by atoms with van der Waals surface area (Å²) in [5.41, 5.74) is 0. The molecule has 0 N–H and O–H groups in total. The molecule has 148 valence electrons. The van der Waals surface area contributed by atoms with Gasteiger partial charge in [-0.05, 0) is 49.7 Å². The maximum atomic E-state index is 13.7. The van der Waals surface area contributed by atoms with E-state index in [1.807, 2.05) is 0 Å². The number of carbonyl (C=O) groups is 2. The largest absolute Gasteiger partial charge is 0.340 e. The summed E-state index contributed by atoms with van der Waals surface area (Å²) < 4.78 is 2.22. The molecule has 3 amide bonds. The van der Waals surface area contributed by atoms with Gasteiger partial charge in [0.25, 0.3) is 5.91 Å². The van der Waals surface area contributed by atoms with Gasteiger partial charge in [-0.3, -0.25) is 9.69 Å². The smallest absolute Gasteiger partial charge is 0.319 e. The second-order valence-corrected chi connectivity index (χ2v) is 13.8. The third-order valence-corrected chi connectivity index (χ3v) is 13.1. The third kappa shape index (κ3) is 3.36. The third-order valence-electron chi connectivity index (χ3n) is 7.70. The minimum Gasteiger partial charge on any atom is -0.340 e. The Morgan fingerprint density at radius 2 is 1.31 bits per heavy atom. The van der Waals surface area contributed by atoms with E-state index in [-0.39, 0.29) is 24.0 Å². The number of urea groups is 1. The van der Waals surface area contributed by atoms with Crippen molar-refractivity contribution in [2.24, 2.45) is 5.92 Å². The lowest BCUT2D eigenvalue weighted by Gasteiger charge is -2.43. The molecule has 0 aromatic heterocycles. The minimum absolute atomic E-state index is 0.0923. The van der Waals surface area contributed by atoms with E-state index in [4.69, 9.17) is 0 Å². The summed E-state index contributed by atoms with van der Waals surface area (Å²) in [4.78, 5) is 29.0. The molecule has 3 rings (SSSR count). The summed E-state index contributed by atoms with van der Waals surface area (Å²) in [6, 6.07) is 3.32. The van der Waals surface area contributed by atoms with E-state index < -0.39 is 8.24 Å². The maximum Gasteiger partial charge on any atom is 0.319 e. The molecule has 1 heterocycles. The van der Waals surface area contributed by atoms with Gasteiger partial charge in [0.1, 0.15) is 6.04 Å². The first-order valence-electron chi connectivity index (χ1n) is 11.3. The molecule has 0 aromatic carbocycles. The van der Waals surface area contributed by atoms with Gasteiger partial charge >= 0.3 is 6.03 Å². The maximum absolute atomic E-state index is 13.7. The molecule has 4 nitrogen and oxygen atoms in total. The van der Waals surface area contributed by atoms with Crippen LogP contribution in [-0.2, 0) is 4.79 Å². The van der Waals surface area contributed by atoms with Gasteiger partial charge in [0, 0.05) is 6.04 Å². The first-order chi connectivity index (χ1) is 12.6. The average molecular weight is 379 g/mol. The lowest BCUT2D eigenvalue weighted by Crippen LogP contribution is -2.59. The Kier molecular flexibility index (Phi) is 6.47. The van der Waals surface area contributed by atoms with Crippen LogP contribution in [0.2, 0.25) is 18.1 Å². The highest BCUT2D eigenvalue weighted by molar-refractivity contribution is 6.79. The van der Waals surface area contributed by atoms with Crippen molar-refractivity contribution in [3.8, 4) is 0 Å². The van der Waals surface area contributed by atoms with Crippen LogP contribution in [-0.4, -0.2) is 41.7 Å². The second-order valence-electron chi connectivity index (χ2n) is 8.78. The fraction of sp³-hybridized carbons (Fsp3) is 0.905. The molecule has 2 aliphatic carbocycles. The summed E-state index contributed by atoms with van der Waals surface area (Å²) in [5, 5.41) is 0. The standard InChI is InChI=1S/C21H38N2O2Si/c1-4-26(5-2,6-3)23-19(17-13-9-7-10-14-17)20(24)22(21(23)25)18-15-11-8-12-16-18/h17-19H,4-16H2,1-3H3. The topological polar surface area (TPSA) is 40.6 Å². The van der Waals surface area contributed by atoms with Crippen molar-refractivity contribution < 1.29 is 9.59 Å². The number of carbonyl (C=O) groups excluding carboxylic acids is 2. The van der Waals surface area contributed by atoms with E-state index in [1.54, 1.807) is 4.90 Å². The van der Waals surface area contributed by atoms with Crippen LogP contribution in [0.3, 0.4) is 0 Å². The van der Waals surface area contributed by atoms with E-state index in [9.17, 15) is 9.59 Å². The van der Waals surface area contributed by atoms with E-state index >= 15 is 0 Å². The number of imide groups is 1. The van der Waals surface area contributed by atoms with Crippen molar-refractivity contribution in [3.05, 3.63) is 0 Å². The normalized spacial score (nSPS) is 26.8. The van der Waals surface area contributed by atoms with Crippen LogP contribution in [0.4, 0.5) is 4.79 Å². The zero-order chi connectivity index (χ0) is 18.7. The van der Waals surface area contributed by atoms with Gasteiger partial charge in [-0.1, -0.05) is 59.3 Å². The van der Waals surface area contributed by atoms with Gasteiger partial charge in [0.15, 0.2) is 8.24 Å². The summed E-state index contributed by atoms with van der Waals surface area (Å²) >= 11 is 0. The second kappa shape index (κ2) is 8.45. The summed E-state index contributed by atoms with van der Waals surface area (Å²) in [5.74, 6) is 0.561. The molecule has 26 heavy (non-hydrogen) atoms. The van der Waals surface area contributed by atoms with E-state index in [2.05, 4.69) is 25.3 Å². The first kappa shape index (κ1) is 19.9. The Hall–Kier alpha value is -0.843. The van der Waals surface area contributed by atoms with Crippen LogP contribution >= 0.6 is 0 Å². The summed E-state index contributed by atoms with van der Waals surface area (Å²) in [6.45, 7) is 6.74. The average Bonchev–Trinajstić information content (AvgIpc) is 2.96. The summed E-state index contributed by atoms with van der Waals surface area (Å²) in [6.07, 6.45) is 11.6. The number of nitrogens with zero attached hydrogens (tertiary/aromatic N) is 2.